The van der Waals surface area contributed by atoms with Crippen LogP contribution in [0.3, 0.4) is 0 Å². The van der Waals surface area contributed by atoms with Crippen molar-refractivity contribution in [3.8, 4) is 16.9 Å². The van der Waals surface area contributed by atoms with E-state index in [9.17, 15) is 0 Å². The van der Waals surface area contributed by atoms with Gasteiger partial charge in [-0.1, -0.05) is 133 Å². The Hall–Kier alpha value is -3.10. The van der Waals surface area contributed by atoms with Crippen LogP contribution in [0.1, 0.15) is 59.9 Å². The van der Waals surface area contributed by atoms with Gasteiger partial charge in [0.2, 0.25) is 0 Å². The molecule has 1 atom stereocenters. The fourth-order valence-electron chi connectivity index (χ4n) is 5.68. The van der Waals surface area contributed by atoms with Crippen LogP contribution in [-0.4, -0.2) is 6.61 Å². The maximum Gasteiger partial charge on any atom is 0.119 e. The van der Waals surface area contributed by atoms with Gasteiger partial charge in [0.1, 0.15) is 5.75 Å². The highest BCUT2D eigenvalue weighted by atomic mass is 79.9. The first-order valence-corrected chi connectivity index (χ1v) is 14.1. The van der Waals surface area contributed by atoms with Crippen LogP contribution >= 0.6 is 15.9 Å². The van der Waals surface area contributed by atoms with E-state index in [1.807, 2.05) is 30.3 Å². The average molecular weight is 538 g/mol. The first-order valence-electron chi connectivity index (χ1n) is 13.0. The highest BCUT2D eigenvalue weighted by Gasteiger charge is 2.43. The molecule has 4 aromatic carbocycles. The van der Waals surface area contributed by atoms with Gasteiger partial charge in [0.05, 0.1) is 6.61 Å². The third kappa shape index (κ3) is 4.80. The van der Waals surface area contributed by atoms with Gasteiger partial charge < -0.3 is 4.74 Å². The van der Waals surface area contributed by atoms with Crippen LogP contribution < -0.4 is 4.74 Å². The Labute approximate surface area is 224 Å². The Morgan fingerprint density at radius 1 is 0.722 bits per heavy atom. The first-order chi connectivity index (χ1) is 17.8. The summed E-state index contributed by atoms with van der Waals surface area (Å²) in [7, 11) is 0. The molecule has 36 heavy (non-hydrogen) atoms. The number of hydrogen-bond acceptors (Lipinski definition) is 1. The van der Waals surface area contributed by atoms with Crippen LogP contribution in [0.15, 0.2) is 104 Å². The van der Waals surface area contributed by atoms with Crippen molar-refractivity contribution in [3.05, 3.63) is 131 Å². The van der Waals surface area contributed by atoms with Crippen molar-refractivity contribution < 1.29 is 4.74 Å². The molecule has 0 aliphatic heterocycles. The monoisotopic (exact) mass is 536 g/mol. The molecule has 0 bridgehead atoms. The minimum absolute atomic E-state index is 0.102. The van der Waals surface area contributed by atoms with E-state index >= 15 is 0 Å². The molecule has 1 aliphatic rings. The molecule has 1 aliphatic carbocycles. The normalized spacial score (nSPS) is 15.8. The molecule has 0 saturated carbocycles. The fraction of sp³-hybridized carbons (Fsp3) is 0.235. The van der Waals surface area contributed by atoms with Gasteiger partial charge in [-0.15, -0.1) is 0 Å². The molecule has 0 spiro atoms. The Morgan fingerprint density at radius 2 is 1.44 bits per heavy atom. The zero-order valence-corrected chi connectivity index (χ0v) is 22.3. The Kier molecular flexibility index (Phi) is 7.72. The van der Waals surface area contributed by atoms with Gasteiger partial charge in [-0.05, 0) is 63.9 Å². The van der Waals surface area contributed by atoms with Crippen molar-refractivity contribution in [3.63, 3.8) is 0 Å². The van der Waals surface area contributed by atoms with E-state index in [-0.39, 0.29) is 5.41 Å². The second-order valence-corrected chi connectivity index (χ2v) is 10.2. The molecule has 4 aromatic rings. The van der Waals surface area contributed by atoms with Crippen LogP contribution in [0.2, 0.25) is 0 Å². The van der Waals surface area contributed by atoms with E-state index in [4.69, 9.17) is 4.74 Å². The number of ether oxygens (including phenoxy) is 1. The fourth-order valence-corrected chi connectivity index (χ4v) is 6.03. The van der Waals surface area contributed by atoms with Crippen molar-refractivity contribution in [2.24, 2.45) is 0 Å². The molecule has 1 nitrogen and oxygen atoms in total. The van der Waals surface area contributed by atoms with Gasteiger partial charge in [-0.25, -0.2) is 0 Å². The number of unbranched alkanes of at least 4 members (excludes halogenated alkanes) is 3. The molecule has 5 rings (SSSR count). The van der Waals surface area contributed by atoms with E-state index in [1.54, 1.807) is 0 Å². The van der Waals surface area contributed by atoms with E-state index in [0.29, 0.717) is 0 Å². The van der Waals surface area contributed by atoms with Gasteiger partial charge in [0.15, 0.2) is 0 Å². The number of halogens is 1. The van der Waals surface area contributed by atoms with E-state index < -0.39 is 0 Å². The quantitative estimate of drug-likeness (QED) is 0.137. The Morgan fingerprint density at radius 3 is 2.22 bits per heavy atom. The van der Waals surface area contributed by atoms with Gasteiger partial charge in [0.25, 0.3) is 0 Å². The lowest BCUT2D eigenvalue weighted by Gasteiger charge is -2.33. The zero-order chi connectivity index (χ0) is 24.8. The lowest BCUT2D eigenvalue weighted by Crippen LogP contribution is -2.27. The number of hydrogen-bond donors (Lipinski definition) is 0. The largest absolute Gasteiger partial charge is 0.494 e. The highest BCUT2D eigenvalue weighted by Crippen LogP contribution is 2.55. The summed E-state index contributed by atoms with van der Waals surface area (Å²) in [6.07, 6.45) is 7.58. The highest BCUT2D eigenvalue weighted by molar-refractivity contribution is 9.08. The molecule has 0 amide bonds. The van der Waals surface area contributed by atoms with Crippen molar-refractivity contribution in [2.45, 2.75) is 42.8 Å². The minimum Gasteiger partial charge on any atom is -0.494 e. The molecule has 0 aromatic heterocycles. The first kappa shape index (κ1) is 24.6. The summed E-state index contributed by atoms with van der Waals surface area (Å²) in [5.41, 5.74) is 9.42. The van der Waals surface area contributed by atoms with Gasteiger partial charge in [-0.3, -0.25) is 0 Å². The number of fused-ring (bicyclic) bond motifs is 3. The molecular weight excluding hydrogens is 504 g/mol. The summed E-state index contributed by atoms with van der Waals surface area (Å²) >= 11 is 3.69. The molecule has 0 saturated heterocycles. The maximum atomic E-state index is 5.95. The van der Waals surface area contributed by atoms with Crippen molar-refractivity contribution in [1.29, 1.82) is 0 Å². The second kappa shape index (κ2) is 11.3. The summed E-state index contributed by atoms with van der Waals surface area (Å²) in [5.74, 6) is 0.936. The summed E-state index contributed by atoms with van der Waals surface area (Å²) in [4.78, 5) is 0. The van der Waals surface area contributed by atoms with Crippen LogP contribution in [0.4, 0.5) is 0 Å². The average Bonchev–Trinajstić information content (AvgIpc) is 3.23. The molecule has 182 valence electrons. The number of benzene rings is 4. The molecule has 2 heteroatoms. The third-order valence-corrected chi connectivity index (χ3v) is 8.12. The zero-order valence-electron chi connectivity index (χ0n) is 20.8. The summed E-state index contributed by atoms with van der Waals surface area (Å²) in [6.45, 7) is 4.57. The predicted molar refractivity (Wildman–Crippen MR) is 156 cm³/mol. The lowest BCUT2D eigenvalue weighted by molar-refractivity contribution is 0.303. The van der Waals surface area contributed by atoms with Crippen LogP contribution in [0.5, 0.6) is 5.75 Å². The number of rotatable bonds is 11. The molecule has 0 N–H and O–H groups in total. The summed E-state index contributed by atoms with van der Waals surface area (Å²) in [5, 5.41) is 0.873. The van der Waals surface area contributed by atoms with Crippen molar-refractivity contribution >= 4 is 22.0 Å². The van der Waals surface area contributed by atoms with Gasteiger partial charge in [-0.2, -0.15) is 0 Å². The van der Waals surface area contributed by atoms with Gasteiger partial charge >= 0.3 is 0 Å². The summed E-state index contributed by atoms with van der Waals surface area (Å²) in [6, 6.07) is 35.3. The van der Waals surface area contributed by atoms with Crippen LogP contribution in [0.25, 0.3) is 17.2 Å². The van der Waals surface area contributed by atoms with E-state index in [1.165, 1.54) is 52.6 Å². The predicted octanol–water partition coefficient (Wildman–Crippen LogP) is 9.57. The molecule has 0 heterocycles. The smallest absolute Gasteiger partial charge is 0.119 e. The molecule has 0 radical (unpaired) electrons. The molecular formula is C34H33BrO. The van der Waals surface area contributed by atoms with Crippen molar-refractivity contribution in [2.75, 3.05) is 6.61 Å². The van der Waals surface area contributed by atoms with Crippen LogP contribution in [-0.2, 0) is 10.7 Å². The van der Waals surface area contributed by atoms with Gasteiger partial charge in [0, 0.05) is 10.7 Å². The minimum atomic E-state index is -0.102. The Bertz CT molecular complexity index is 1310. The van der Waals surface area contributed by atoms with Crippen molar-refractivity contribution in [1.82, 2.24) is 0 Å². The summed E-state index contributed by atoms with van der Waals surface area (Å²) < 4.78 is 5.95. The Balaban J connectivity index is 1.31. The lowest BCUT2D eigenvalue weighted by atomic mass is 9.69. The van der Waals surface area contributed by atoms with E-state index in [0.717, 1.165) is 36.1 Å². The standard InChI is InChI=1S/C34H33BrO/c1-2-26-16-19-29(20-17-26)36-23-11-4-3-10-22-34(28-12-6-5-7-13-28)32-15-9-8-14-30(32)31-21-18-27(25-35)24-33(31)34/h2,5-9,12-21,24H,1,3-4,10-11,22-23,25H2. The SMILES string of the molecule is C=Cc1ccc(OCCCCCCC2(c3ccccc3)c3ccccc3-c3ccc(CBr)cc32)cc1. The topological polar surface area (TPSA) is 9.23 Å². The maximum absolute atomic E-state index is 5.95. The third-order valence-electron chi connectivity index (χ3n) is 7.47. The second-order valence-electron chi connectivity index (χ2n) is 9.62. The van der Waals surface area contributed by atoms with Crippen LogP contribution in [0, 0.1) is 0 Å². The molecule has 1 unspecified atom stereocenters. The molecule has 0 fully saturated rings. The van der Waals surface area contributed by atoms with E-state index in [2.05, 4.69) is 95.3 Å². The number of alkyl halides is 1.